The fourth-order valence-electron chi connectivity index (χ4n) is 3.13. The van der Waals surface area contributed by atoms with Crippen LogP contribution in [-0.2, 0) is 13.6 Å². The Morgan fingerprint density at radius 3 is 2.44 bits per heavy atom. The molecule has 1 aromatic heterocycles. The Morgan fingerprint density at radius 1 is 1.28 bits per heavy atom. The van der Waals surface area contributed by atoms with Crippen molar-refractivity contribution in [2.24, 2.45) is 12.0 Å². The summed E-state index contributed by atoms with van der Waals surface area (Å²) in [5.74, 6) is 0.560. The smallest absolute Gasteiger partial charge is 0.406 e. The SMILES string of the molecule is CCNC(=NCC(O)c1ccc(OC(F)(F)F)cc1)N(C)Cc1cn(C)nc1C(C)C.I. The molecule has 180 valence electrons. The minimum absolute atomic E-state index is 0. The topological polar surface area (TPSA) is 74.9 Å². The fraction of sp³-hybridized carbons (Fsp3) is 0.524. The van der Waals surface area contributed by atoms with Gasteiger partial charge in [0.05, 0.1) is 18.3 Å². The third-order valence-electron chi connectivity index (χ3n) is 4.50. The van der Waals surface area contributed by atoms with Crippen LogP contribution < -0.4 is 10.1 Å². The quantitative estimate of drug-likeness (QED) is 0.284. The molecular weight excluding hydrogens is 538 g/mol. The van der Waals surface area contributed by atoms with E-state index in [-0.39, 0.29) is 42.2 Å². The van der Waals surface area contributed by atoms with E-state index in [1.807, 2.05) is 32.1 Å². The van der Waals surface area contributed by atoms with Crippen molar-refractivity contribution in [3.63, 3.8) is 0 Å². The molecular formula is C21H31F3IN5O2. The molecule has 0 radical (unpaired) electrons. The molecule has 7 nitrogen and oxygen atoms in total. The zero-order valence-corrected chi connectivity index (χ0v) is 21.2. The molecule has 32 heavy (non-hydrogen) atoms. The van der Waals surface area contributed by atoms with Crippen molar-refractivity contribution in [1.29, 1.82) is 0 Å². The van der Waals surface area contributed by atoms with Crippen LogP contribution in [0.1, 0.15) is 49.6 Å². The maximum atomic E-state index is 12.3. The lowest BCUT2D eigenvalue weighted by Crippen LogP contribution is -2.39. The lowest BCUT2D eigenvalue weighted by Gasteiger charge is -2.23. The van der Waals surface area contributed by atoms with Gasteiger partial charge in [-0.2, -0.15) is 5.10 Å². The van der Waals surface area contributed by atoms with E-state index in [9.17, 15) is 18.3 Å². The number of halogens is 4. The zero-order valence-electron chi connectivity index (χ0n) is 18.8. The number of aliphatic hydroxyl groups excluding tert-OH is 1. The van der Waals surface area contributed by atoms with Crippen LogP contribution in [0.25, 0.3) is 0 Å². The van der Waals surface area contributed by atoms with E-state index in [4.69, 9.17) is 0 Å². The van der Waals surface area contributed by atoms with Crippen molar-refractivity contribution in [2.75, 3.05) is 20.1 Å². The number of benzene rings is 1. The summed E-state index contributed by atoms with van der Waals surface area (Å²) in [5.41, 5.74) is 2.56. The molecule has 2 N–H and O–H groups in total. The number of alkyl halides is 3. The first-order chi connectivity index (χ1) is 14.5. The Hall–Kier alpha value is -2.02. The largest absolute Gasteiger partial charge is 0.573 e. The molecule has 0 amide bonds. The highest BCUT2D eigenvalue weighted by atomic mass is 127. The normalized spacial score (nSPS) is 13.0. The number of nitrogens with one attached hydrogen (secondary N) is 1. The van der Waals surface area contributed by atoms with E-state index >= 15 is 0 Å². The summed E-state index contributed by atoms with van der Waals surface area (Å²) >= 11 is 0. The molecule has 1 heterocycles. The Balaban J connectivity index is 0.00000512. The van der Waals surface area contributed by atoms with Crippen LogP contribution in [0, 0.1) is 0 Å². The van der Waals surface area contributed by atoms with Gasteiger partial charge in [-0.1, -0.05) is 26.0 Å². The summed E-state index contributed by atoms with van der Waals surface area (Å²) in [4.78, 5) is 6.44. The number of aromatic nitrogens is 2. The second kappa shape index (κ2) is 12.3. The van der Waals surface area contributed by atoms with Gasteiger partial charge < -0.3 is 20.1 Å². The summed E-state index contributed by atoms with van der Waals surface area (Å²) in [7, 11) is 3.78. The third-order valence-corrected chi connectivity index (χ3v) is 4.50. The van der Waals surface area contributed by atoms with Gasteiger partial charge in [-0.25, -0.2) is 0 Å². The second-order valence-electron chi connectivity index (χ2n) is 7.55. The summed E-state index contributed by atoms with van der Waals surface area (Å²) in [6, 6.07) is 5.12. The minimum Gasteiger partial charge on any atom is -0.406 e. The fourth-order valence-corrected chi connectivity index (χ4v) is 3.13. The van der Waals surface area contributed by atoms with Crippen molar-refractivity contribution in [3.05, 3.63) is 47.3 Å². The molecule has 1 atom stereocenters. The maximum absolute atomic E-state index is 12.3. The number of ether oxygens (including phenoxy) is 1. The van der Waals surface area contributed by atoms with Gasteiger partial charge in [-0.15, -0.1) is 37.1 Å². The third kappa shape index (κ3) is 8.49. The van der Waals surface area contributed by atoms with E-state index in [2.05, 4.69) is 34.0 Å². The number of guanidine groups is 1. The van der Waals surface area contributed by atoms with E-state index in [0.29, 0.717) is 24.6 Å². The lowest BCUT2D eigenvalue weighted by molar-refractivity contribution is -0.274. The van der Waals surface area contributed by atoms with Crippen molar-refractivity contribution in [1.82, 2.24) is 20.0 Å². The van der Waals surface area contributed by atoms with E-state index in [1.165, 1.54) is 24.3 Å². The molecule has 11 heteroatoms. The summed E-state index contributed by atoms with van der Waals surface area (Å²) in [5, 5.41) is 18.1. The molecule has 1 unspecified atom stereocenters. The molecule has 0 aliphatic heterocycles. The lowest BCUT2D eigenvalue weighted by atomic mass is 10.1. The molecule has 1 aromatic carbocycles. The minimum atomic E-state index is -4.75. The van der Waals surface area contributed by atoms with Crippen LogP contribution >= 0.6 is 24.0 Å². The van der Waals surface area contributed by atoms with Gasteiger partial charge in [0.25, 0.3) is 0 Å². The van der Waals surface area contributed by atoms with Crippen LogP contribution in [0.4, 0.5) is 13.2 Å². The number of nitrogens with zero attached hydrogens (tertiary/aromatic N) is 4. The second-order valence-corrected chi connectivity index (χ2v) is 7.55. The van der Waals surface area contributed by atoms with Gasteiger partial charge in [-0.3, -0.25) is 9.67 Å². The van der Waals surface area contributed by atoms with Gasteiger partial charge >= 0.3 is 6.36 Å². The number of rotatable bonds is 8. The summed E-state index contributed by atoms with van der Waals surface area (Å²) < 4.78 is 42.5. The van der Waals surface area contributed by atoms with Gasteiger partial charge in [-0.05, 0) is 30.5 Å². The predicted molar refractivity (Wildman–Crippen MR) is 128 cm³/mol. The van der Waals surface area contributed by atoms with Gasteiger partial charge in [0.2, 0.25) is 0 Å². The average molecular weight is 569 g/mol. The average Bonchev–Trinajstić information content (AvgIpc) is 3.04. The van der Waals surface area contributed by atoms with Crippen LogP contribution in [-0.4, -0.2) is 52.2 Å². The van der Waals surface area contributed by atoms with Gasteiger partial charge in [0.1, 0.15) is 5.75 Å². The van der Waals surface area contributed by atoms with Crippen molar-refractivity contribution in [3.8, 4) is 5.75 Å². The molecule has 0 spiro atoms. The number of aliphatic hydroxyl groups is 1. The number of aliphatic imine (C=N–C) groups is 1. The predicted octanol–water partition coefficient (Wildman–Crippen LogP) is 4.19. The van der Waals surface area contributed by atoms with Gasteiger partial charge in [0.15, 0.2) is 5.96 Å². The first-order valence-corrected chi connectivity index (χ1v) is 10.1. The monoisotopic (exact) mass is 569 g/mol. The zero-order chi connectivity index (χ0) is 23.2. The number of hydrogen-bond donors (Lipinski definition) is 2. The molecule has 0 bridgehead atoms. The van der Waals surface area contributed by atoms with Crippen LogP contribution in [0.5, 0.6) is 5.75 Å². The van der Waals surface area contributed by atoms with Crippen LogP contribution in [0.2, 0.25) is 0 Å². The standard InChI is InChI=1S/C21H30F3N5O2.HI/c1-6-25-20(28(4)12-16-13-29(5)27-19(16)14(2)3)26-11-18(30)15-7-9-17(10-8-15)31-21(22,23)24;/h7-10,13-14,18,30H,6,11-12H2,1-5H3,(H,25,26);1H. The van der Waals surface area contributed by atoms with Crippen LogP contribution in [0.3, 0.4) is 0 Å². The Kier molecular flexibility index (Phi) is 10.8. The first kappa shape index (κ1) is 28.0. The number of hydrogen-bond acceptors (Lipinski definition) is 4. The van der Waals surface area contributed by atoms with Crippen LogP contribution in [0.15, 0.2) is 35.5 Å². The maximum Gasteiger partial charge on any atom is 0.573 e. The summed E-state index contributed by atoms with van der Waals surface area (Å²) in [6.07, 6.45) is -3.74. The van der Waals surface area contributed by atoms with E-state index < -0.39 is 12.5 Å². The van der Waals surface area contributed by atoms with Crippen molar-refractivity contribution in [2.45, 2.75) is 45.7 Å². The van der Waals surface area contributed by atoms with Crippen molar-refractivity contribution >= 4 is 29.9 Å². The van der Waals surface area contributed by atoms with Crippen molar-refractivity contribution < 1.29 is 23.0 Å². The number of aryl methyl sites for hydroxylation is 1. The Labute approximate surface area is 203 Å². The molecule has 2 aromatic rings. The molecule has 0 saturated carbocycles. The van der Waals surface area contributed by atoms with E-state index in [1.54, 1.807) is 4.68 Å². The highest BCUT2D eigenvalue weighted by Crippen LogP contribution is 2.24. The molecule has 0 fully saturated rings. The molecule has 2 rings (SSSR count). The Bertz CT molecular complexity index is 869. The molecule has 0 aliphatic rings. The molecule has 0 saturated heterocycles. The first-order valence-electron chi connectivity index (χ1n) is 10.1. The summed E-state index contributed by atoms with van der Waals surface area (Å²) in [6.45, 7) is 7.41. The van der Waals surface area contributed by atoms with Gasteiger partial charge in [0, 0.05) is 38.9 Å². The highest BCUT2D eigenvalue weighted by molar-refractivity contribution is 14.0. The highest BCUT2D eigenvalue weighted by Gasteiger charge is 2.31. The molecule has 0 aliphatic carbocycles. The Morgan fingerprint density at radius 2 is 1.91 bits per heavy atom. The van der Waals surface area contributed by atoms with E-state index in [0.717, 1.165) is 11.3 Å².